The standard InChI is InChI=1S/C21H21N5O2S/c1-13-6-10-29-19(13)20(27)22-17-12-18-25(8-9-26(18)23-17)15-3-4-16-14(11-15)5-7-24(2)21(16)28/h3-4,6,10-12H,5,7-9H2,1-2H3,(H,22,23,27). The Hall–Kier alpha value is -3.13. The number of hydrogen-bond donors (Lipinski definition) is 1. The Morgan fingerprint density at radius 2 is 2.03 bits per heavy atom. The number of fused-ring (bicyclic) bond motifs is 2. The summed E-state index contributed by atoms with van der Waals surface area (Å²) in [6.07, 6.45) is 0.861. The van der Waals surface area contributed by atoms with Crippen molar-refractivity contribution in [2.45, 2.75) is 19.9 Å². The van der Waals surface area contributed by atoms with Crippen molar-refractivity contribution in [1.82, 2.24) is 14.7 Å². The number of amides is 2. The number of carbonyl (C=O) groups is 2. The van der Waals surface area contributed by atoms with Gasteiger partial charge >= 0.3 is 0 Å². The second-order valence-corrected chi connectivity index (χ2v) is 8.38. The van der Waals surface area contributed by atoms with Crippen LogP contribution in [-0.2, 0) is 13.0 Å². The molecule has 29 heavy (non-hydrogen) atoms. The largest absolute Gasteiger partial charge is 0.341 e. The Bertz CT molecular complexity index is 1130. The number of likely N-dealkylation sites (N-methyl/N-ethyl adjacent to an activating group) is 1. The summed E-state index contributed by atoms with van der Waals surface area (Å²) in [5, 5.41) is 9.37. The van der Waals surface area contributed by atoms with Gasteiger partial charge in [0.15, 0.2) is 5.82 Å². The molecule has 0 saturated carbocycles. The lowest BCUT2D eigenvalue weighted by atomic mass is 9.98. The monoisotopic (exact) mass is 407 g/mol. The molecule has 0 unspecified atom stereocenters. The van der Waals surface area contributed by atoms with Gasteiger partial charge in [0.2, 0.25) is 0 Å². The number of hydrogen-bond acceptors (Lipinski definition) is 5. The number of rotatable bonds is 3. The summed E-state index contributed by atoms with van der Waals surface area (Å²) in [5.74, 6) is 1.45. The maximum absolute atomic E-state index is 12.5. The van der Waals surface area contributed by atoms with Crippen LogP contribution < -0.4 is 10.2 Å². The first-order valence-corrected chi connectivity index (χ1v) is 10.5. The molecule has 0 bridgehead atoms. The van der Waals surface area contributed by atoms with Crippen LogP contribution >= 0.6 is 11.3 Å². The van der Waals surface area contributed by atoms with E-state index in [9.17, 15) is 9.59 Å². The summed E-state index contributed by atoms with van der Waals surface area (Å²) in [5.41, 5.74) is 3.89. The molecule has 0 saturated heterocycles. The number of aromatic nitrogens is 2. The zero-order valence-corrected chi connectivity index (χ0v) is 17.1. The highest BCUT2D eigenvalue weighted by atomic mass is 32.1. The fourth-order valence-corrected chi connectivity index (χ4v) is 4.78. The van der Waals surface area contributed by atoms with E-state index in [0.29, 0.717) is 10.7 Å². The smallest absolute Gasteiger partial charge is 0.267 e. The number of aryl methyl sites for hydroxylation is 1. The van der Waals surface area contributed by atoms with Crippen LogP contribution in [0.1, 0.15) is 31.2 Å². The molecule has 0 fully saturated rings. The molecule has 2 aliphatic heterocycles. The molecule has 0 aliphatic carbocycles. The van der Waals surface area contributed by atoms with Crippen molar-refractivity contribution < 1.29 is 9.59 Å². The van der Waals surface area contributed by atoms with Gasteiger partial charge < -0.3 is 15.1 Å². The average molecular weight is 407 g/mol. The topological polar surface area (TPSA) is 70.5 Å². The first-order valence-electron chi connectivity index (χ1n) is 9.60. The number of anilines is 3. The number of nitrogens with one attached hydrogen (secondary N) is 1. The molecule has 7 nitrogen and oxygen atoms in total. The van der Waals surface area contributed by atoms with E-state index in [0.717, 1.165) is 54.3 Å². The fraction of sp³-hybridized carbons (Fsp3) is 0.286. The molecule has 2 aliphatic rings. The van der Waals surface area contributed by atoms with Gasteiger partial charge in [0.1, 0.15) is 5.82 Å². The lowest BCUT2D eigenvalue weighted by molar-refractivity contribution is 0.0780. The molecule has 0 radical (unpaired) electrons. The molecule has 4 heterocycles. The van der Waals surface area contributed by atoms with E-state index < -0.39 is 0 Å². The average Bonchev–Trinajstić information content (AvgIpc) is 3.40. The molecule has 148 valence electrons. The van der Waals surface area contributed by atoms with Crippen LogP contribution in [0.4, 0.5) is 17.3 Å². The summed E-state index contributed by atoms with van der Waals surface area (Å²) in [6.45, 7) is 4.24. The van der Waals surface area contributed by atoms with Crippen LogP contribution in [0.3, 0.4) is 0 Å². The van der Waals surface area contributed by atoms with Crippen LogP contribution in [-0.4, -0.2) is 46.6 Å². The van der Waals surface area contributed by atoms with Crippen LogP contribution in [0, 0.1) is 6.92 Å². The third-order valence-electron chi connectivity index (χ3n) is 5.57. The molecule has 3 aromatic rings. The molecule has 0 atom stereocenters. The van der Waals surface area contributed by atoms with E-state index in [2.05, 4.69) is 21.4 Å². The Morgan fingerprint density at radius 3 is 2.83 bits per heavy atom. The third kappa shape index (κ3) is 3.00. The maximum Gasteiger partial charge on any atom is 0.267 e. The van der Waals surface area contributed by atoms with Gasteiger partial charge in [0.25, 0.3) is 11.8 Å². The Kier molecular flexibility index (Phi) is 4.16. The van der Waals surface area contributed by atoms with Crippen molar-refractivity contribution in [2.24, 2.45) is 0 Å². The highest BCUT2D eigenvalue weighted by Crippen LogP contribution is 2.34. The second kappa shape index (κ2) is 6.73. The molecule has 1 N–H and O–H groups in total. The molecule has 1 aromatic carbocycles. The highest BCUT2D eigenvalue weighted by molar-refractivity contribution is 7.12. The minimum absolute atomic E-state index is 0.0816. The van der Waals surface area contributed by atoms with Gasteiger partial charge in [-0.25, -0.2) is 4.68 Å². The van der Waals surface area contributed by atoms with Crippen molar-refractivity contribution in [2.75, 3.05) is 30.4 Å². The van der Waals surface area contributed by atoms with Gasteiger partial charge in [-0.05, 0) is 54.1 Å². The molecule has 2 aromatic heterocycles. The second-order valence-electron chi connectivity index (χ2n) is 7.47. The SMILES string of the molecule is Cc1ccsc1C(=O)Nc1cc2n(n1)CCN2c1ccc2c(c1)CCN(C)C2=O. The molecule has 8 heteroatoms. The first kappa shape index (κ1) is 17.9. The quantitative estimate of drug-likeness (QED) is 0.723. The van der Waals surface area contributed by atoms with Crippen LogP contribution in [0.25, 0.3) is 0 Å². The van der Waals surface area contributed by atoms with E-state index in [4.69, 9.17) is 0 Å². The third-order valence-corrected chi connectivity index (χ3v) is 6.59. The molecular formula is C21H21N5O2S. The summed E-state index contributed by atoms with van der Waals surface area (Å²) >= 11 is 1.43. The maximum atomic E-state index is 12.5. The van der Waals surface area contributed by atoms with Crippen molar-refractivity contribution in [1.29, 1.82) is 0 Å². The number of nitrogens with zero attached hydrogens (tertiary/aromatic N) is 4. The summed E-state index contributed by atoms with van der Waals surface area (Å²) in [6, 6.07) is 9.87. The minimum atomic E-state index is -0.128. The van der Waals surface area contributed by atoms with Gasteiger partial charge in [-0.3, -0.25) is 9.59 Å². The molecule has 0 spiro atoms. The molecule has 2 amide bonds. The normalized spacial score (nSPS) is 15.4. The number of benzene rings is 1. The van der Waals surface area contributed by atoms with Gasteiger partial charge in [-0.2, -0.15) is 5.10 Å². The summed E-state index contributed by atoms with van der Waals surface area (Å²) in [4.78, 5) is 29.5. The fourth-order valence-electron chi connectivity index (χ4n) is 3.96. The summed E-state index contributed by atoms with van der Waals surface area (Å²) < 4.78 is 1.91. The number of thiophene rings is 1. The zero-order valence-electron chi connectivity index (χ0n) is 16.3. The van der Waals surface area contributed by atoms with Gasteiger partial charge in [0, 0.05) is 37.5 Å². The first-order chi connectivity index (χ1) is 14.0. The van der Waals surface area contributed by atoms with Crippen LogP contribution in [0.2, 0.25) is 0 Å². The van der Waals surface area contributed by atoms with Gasteiger partial charge in [0.05, 0.1) is 11.4 Å². The summed E-state index contributed by atoms with van der Waals surface area (Å²) in [7, 11) is 1.84. The predicted molar refractivity (Wildman–Crippen MR) is 113 cm³/mol. The predicted octanol–water partition coefficient (Wildman–Crippen LogP) is 3.29. The van der Waals surface area contributed by atoms with Crippen LogP contribution in [0.15, 0.2) is 35.7 Å². The molecule has 5 rings (SSSR count). The van der Waals surface area contributed by atoms with E-state index >= 15 is 0 Å². The van der Waals surface area contributed by atoms with Crippen molar-refractivity contribution in [3.63, 3.8) is 0 Å². The Labute approximate surface area is 172 Å². The van der Waals surface area contributed by atoms with Crippen molar-refractivity contribution in [3.05, 3.63) is 57.3 Å². The molecular weight excluding hydrogens is 386 g/mol. The Morgan fingerprint density at radius 1 is 1.17 bits per heavy atom. The van der Waals surface area contributed by atoms with Gasteiger partial charge in [-0.15, -0.1) is 11.3 Å². The van der Waals surface area contributed by atoms with Crippen molar-refractivity contribution in [3.8, 4) is 0 Å². The van der Waals surface area contributed by atoms with E-state index in [1.807, 2.05) is 48.3 Å². The highest BCUT2D eigenvalue weighted by Gasteiger charge is 2.27. The Balaban J connectivity index is 1.40. The van der Waals surface area contributed by atoms with Crippen molar-refractivity contribution >= 4 is 40.5 Å². The lowest BCUT2D eigenvalue weighted by Gasteiger charge is -2.26. The lowest BCUT2D eigenvalue weighted by Crippen LogP contribution is -2.34. The number of carbonyl (C=O) groups excluding carboxylic acids is 2. The zero-order chi connectivity index (χ0) is 20.1. The van der Waals surface area contributed by atoms with E-state index in [1.165, 1.54) is 11.3 Å². The minimum Gasteiger partial charge on any atom is -0.341 e. The van der Waals surface area contributed by atoms with Crippen LogP contribution in [0.5, 0.6) is 0 Å². The van der Waals surface area contributed by atoms with E-state index in [1.54, 1.807) is 4.90 Å². The van der Waals surface area contributed by atoms with E-state index in [-0.39, 0.29) is 11.8 Å². The van der Waals surface area contributed by atoms with Gasteiger partial charge in [-0.1, -0.05) is 0 Å².